The molecule has 0 amide bonds. The predicted octanol–water partition coefficient (Wildman–Crippen LogP) is 4.00. The molecule has 0 radical (unpaired) electrons. The number of benzene rings is 1. The van der Waals surface area contributed by atoms with E-state index < -0.39 is 0 Å². The van der Waals surface area contributed by atoms with Gasteiger partial charge in [0.15, 0.2) is 5.15 Å². The zero-order valence-corrected chi connectivity index (χ0v) is 12.3. The number of halogens is 1. The highest BCUT2D eigenvalue weighted by atomic mass is 35.5. The molecular weight excluding hydrogens is 258 g/mol. The minimum atomic E-state index is -0.218. The lowest BCUT2D eigenvalue weighted by Gasteiger charge is -2.15. The number of rotatable bonds is 1. The van der Waals surface area contributed by atoms with E-state index in [-0.39, 0.29) is 5.41 Å². The maximum atomic E-state index is 9.28. The third-order valence-corrected chi connectivity index (χ3v) is 3.28. The van der Waals surface area contributed by atoms with E-state index in [2.05, 4.69) is 11.2 Å². The summed E-state index contributed by atoms with van der Waals surface area (Å²) in [5.41, 5.74) is 2.99. The molecule has 0 bridgehead atoms. The highest BCUT2D eigenvalue weighted by molar-refractivity contribution is 6.31. The van der Waals surface area contributed by atoms with Crippen LogP contribution in [0.25, 0.3) is 5.69 Å². The van der Waals surface area contributed by atoms with Crippen LogP contribution in [-0.4, -0.2) is 9.78 Å². The van der Waals surface area contributed by atoms with Crippen molar-refractivity contribution in [2.75, 3.05) is 0 Å². The molecular formula is C15H16ClN3. The van der Waals surface area contributed by atoms with Crippen molar-refractivity contribution < 1.29 is 0 Å². The van der Waals surface area contributed by atoms with Gasteiger partial charge in [-0.15, -0.1) is 0 Å². The second kappa shape index (κ2) is 4.71. The van der Waals surface area contributed by atoms with Gasteiger partial charge in [0.25, 0.3) is 0 Å². The lowest BCUT2D eigenvalue weighted by Crippen LogP contribution is -2.14. The lowest BCUT2D eigenvalue weighted by atomic mass is 9.90. The first kappa shape index (κ1) is 13.6. The second-order valence-electron chi connectivity index (χ2n) is 5.62. The highest BCUT2D eigenvalue weighted by Gasteiger charge is 2.26. The smallest absolute Gasteiger partial charge is 0.150 e. The van der Waals surface area contributed by atoms with E-state index in [0.29, 0.717) is 10.7 Å². The molecule has 4 heteroatoms. The molecule has 19 heavy (non-hydrogen) atoms. The molecule has 0 aliphatic heterocycles. The Labute approximate surface area is 118 Å². The van der Waals surface area contributed by atoms with Gasteiger partial charge in [-0.2, -0.15) is 10.4 Å². The predicted molar refractivity (Wildman–Crippen MR) is 76.7 cm³/mol. The van der Waals surface area contributed by atoms with Crippen LogP contribution < -0.4 is 0 Å². The van der Waals surface area contributed by atoms with Gasteiger partial charge in [-0.3, -0.25) is 0 Å². The fraction of sp³-hybridized carbons (Fsp3) is 0.333. The summed E-state index contributed by atoms with van der Waals surface area (Å²) in [6, 6.07) is 10.0. The summed E-state index contributed by atoms with van der Waals surface area (Å²) in [6.45, 7) is 8.08. The molecule has 2 aromatic rings. The largest absolute Gasteiger partial charge is 0.221 e. The number of aromatic nitrogens is 2. The Kier molecular flexibility index (Phi) is 3.38. The zero-order valence-electron chi connectivity index (χ0n) is 11.5. The Bertz CT molecular complexity index is 640. The van der Waals surface area contributed by atoms with E-state index in [4.69, 9.17) is 11.6 Å². The third-order valence-electron chi connectivity index (χ3n) is 2.93. The normalized spacial score (nSPS) is 11.4. The Balaban J connectivity index is 2.64. The van der Waals surface area contributed by atoms with Crippen molar-refractivity contribution in [3.05, 3.63) is 46.2 Å². The summed E-state index contributed by atoms with van der Waals surface area (Å²) in [5.74, 6) is 0. The molecule has 1 aromatic heterocycles. The molecule has 0 aliphatic carbocycles. The molecule has 0 N–H and O–H groups in total. The van der Waals surface area contributed by atoms with Crippen LogP contribution >= 0.6 is 11.6 Å². The molecule has 3 nitrogen and oxygen atoms in total. The molecule has 1 aromatic carbocycles. The fourth-order valence-electron chi connectivity index (χ4n) is 1.88. The molecule has 0 atom stereocenters. The highest BCUT2D eigenvalue weighted by Crippen LogP contribution is 2.31. The average molecular weight is 274 g/mol. The minimum Gasteiger partial charge on any atom is -0.221 e. The molecule has 0 fully saturated rings. The average Bonchev–Trinajstić information content (AvgIpc) is 2.67. The van der Waals surface area contributed by atoms with Crippen LogP contribution in [-0.2, 0) is 5.41 Å². The molecule has 0 aliphatic rings. The number of aryl methyl sites for hydroxylation is 1. The summed E-state index contributed by atoms with van der Waals surface area (Å²) in [4.78, 5) is 0. The van der Waals surface area contributed by atoms with Crippen LogP contribution in [0.1, 0.15) is 37.6 Å². The third kappa shape index (κ3) is 2.50. The Morgan fingerprint density at radius 3 is 2.21 bits per heavy atom. The maximum Gasteiger partial charge on any atom is 0.150 e. The van der Waals surface area contributed by atoms with E-state index in [0.717, 1.165) is 11.4 Å². The molecule has 2 rings (SSSR count). The first-order chi connectivity index (χ1) is 8.84. The van der Waals surface area contributed by atoms with Gasteiger partial charge in [0.05, 0.1) is 11.4 Å². The molecule has 0 saturated heterocycles. The van der Waals surface area contributed by atoms with Crippen molar-refractivity contribution in [3.63, 3.8) is 0 Å². The van der Waals surface area contributed by atoms with Crippen molar-refractivity contribution in [2.45, 2.75) is 33.1 Å². The van der Waals surface area contributed by atoms with E-state index in [1.54, 1.807) is 4.68 Å². The summed E-state index contributed by atoms with van der Waals surface area (Å²) in [6.07, 6.45) is 0. The van der Waals surface area contributed by atoms with Gasteiger partial charge in [-0.25, -0.2) is 4.68 Å². The van der Waals surface area contributed by atoms with E-state index >= 15 is 0 Å². The first-order valence-electron chi connectivity index (χ1n) is 6.10. The lowest BCUT2D eigenvalue weighted by molar-refractivity contribution is 0.559. The zero-order chi connectivity index (χ0) is 14.2. The number of nitrogens with zero attached hydrogens (tertiary/aromatic N) is 3. The maximum absolute atomic E-state index is 9.28. The Morgan fingerprint density at radius 1 is 1.21 bits per heavy atom. The summed E-state index contributed by atoms with van der Waals surface area (Å²) < 4.78 is 1.63. The van der Waals surface area contributed by atoms with Crippen molar-refractivity contribution >= 4 is 11.6 Å². The van der Waals surface area contributed by atoms with Crippen molar-refractivity contribution in [3.8, 4) is 11.8 Å². The molecule has 0 spiro atoms. The van der Waals surface area contributed by atoms with Crippen LogP contribution in [0.15, 0.2) is 24.3 Å². The van der Waals surface area contributed by atoms with E-state index in [1.807, 2.05) is 52.0 Å². The van der Waals surface area contributed by atoms with Crippen LogP contribution in [0.2, 0.25) is 5.15 Å². The van der Waals surface area contributed by atoms with Crippen LogP contribution in [0.5, 0.6) is 0 Å². The quantitative estimate of drug-likeness (QED) is 0.788. The summed E-state index contributed by atoms with van der Waals surface area (Å²) in [5, 5.41) is 14.2. The van der Waals surface area contributed by atoms with Crippen LogP contribution in [0, 0.1) is 18.3 Å². The monoisotopic (exact) mass is 273 g/mol. The van der Waals surface area contributed by atoms with E-state index in [9.17, 15) is 5.26 Å². The van der Waals surface area contributed by atoms with Gasteiger partial charge in [-0.05, 0) is 19.1 Å². The Morgan fingerprint density at radius 2 is 1.79 bits per heavy atom. The van der Waals surface area contributed by atoms with Gasteiger partial charge in [-0.1, -0.05) is 50.1 Å². The van der Waals surface area contributed by atoms with Gasteiger partial charge in [0.1, 0.15) is 11.6 Å². The van der Waals surface area contributed by atoms with Crippen molar-refractivity contribution in [1.29, 1.82) is 5.26 Å². The van der Waals surface area contributed by atoms with E-state index in [1.165, 1.54) is 5.56 Å². The van der Waals surface area contributed by atoms with Crippen molar-refractivity contribution in [2.24, 2.45) is 0 Å². The molecule has 0 unspecified atom stereocenters. The fourth-order valence-corrected chi connectivity index (χ4v) is 2.15. The summed E-state index contributed by atoms with van der Waals surface area (Å²) >= 11 is 6.29. The minimum absolute atomic E-state index is 0.218. The standard InChI is InChI=1S/C15H16ClN3/c1-10-5-7-11(8-6-10)19-14(16)12(9-17)13(18-19)15(2,3)4/h5-8H,1-4H3. The van der Waals surface area contributed by atoms with Gasteiger partial charge < -0.3 is 0 Å². The van der Waals surface area contributed by atoms with Gasteiger partial charge in [0, 0.05) is 5.41 Å². The molecule has 1 heterocycles. The van der Waals surface area contributed by atoms with Gasteiger partial charge >= 0.3 is 0 Å². The molecule has 0 saturated carbocycles. The first-order valence-corrected chi connectivity index (χ1v) is 6.48. The van der Waals surface area contributed by atoms with Gasteiger partial charge in [0.2, 0.25) is 0 Å². The topological polar surface area (TPSA) is 41.6 Å². The molecule has 98 valence electrons. The van der Waals surface area contributed by atoms with Crippen LogP contribution in [0.3, 0.4) is 0 Å². The summed E-state index contributed by atoms with van der Waals surface area (Å²) in [7, 11) is 0. The second-order valence-corrected chi connectivity index (χ2v) is 5.98. The number of nitriles is 1. The Hall–Kier alpha value is -1.79. The number of hydrogen-bond acceptors (Lipinski definition) is 2. The SMILES string of the molecule is Cc1ccc(-n2nc(C(C)(C)C)c(C#N)c2Cl)cc1. The van der Waals surface area contributed by atoms with Crippen LogP contribution in [0.4, 0.5) is 0 Å². The number of hydrogen-bond donors (Lipinski definition) is 0. The van der Waals surface area contributed by atoms with Crippen molar-refractivity contribution in [1.82, 2.24) is 9.78 Å².